The van der Waals surface area contributed by atoms with E-state index < -0.39 is 0 Å². The second-order valence-corrected chi connectivity index (χ2v) is 5.07. The lowest BCUT2D eigenvalue weighted by atomic mass is 9.95. The summed E-state index contributed by atoms with van der Waals surface area (Å²) in [4.78, 5) is 0. The van der Waals surface area contributed by atoms with E-state index in [9.17, 15) is 0 Å². The summed E-state index contributed by atoms with van der Waals surface area (Å²) in [6, 6.07) is 18.0. The Morgan fingerprint density at radius 3 is 2.16 bits per heavy atom. The molecule has 1 unspecified atom stereocenters. The third-order valence-corrected chi connectivity index (χ3v) is 3.78. The molecule has 0 saturated carbocycles. The Bertz CT molecular complexity index is 513. The van der Waals surface area contributed by atoms with Crippen molar-refractivity contribution in [3.05, 3.63) is 70.8 Å². The molecule has 1 heteroatoms. The van der Waals surface area contributed by atoms with Crippen molar-refractivity contribution in [2.45, 2.75) is 32.7 Å². The molecule has 0 bridgehead atoms. The summed E-state index contributed by atoms with van der Waals surface area (Å²) >= 11 is 0. The zero-order chi connectivity index (χ0) is 13.7. The van der Waals surface area contributed by atoms with Crippen LogP contribution in [0.5, 0.6) is 0 Å². The van der Waals surface area contributed by atoms with Crippen molar-refractivity contribution < 1.29 is 0 Å². The highest BCUT2D eigenvalue weighted by Crippen LogP contribution is 2.21. The molecule has 1 nitrogen and oxygen atoms in total. The van der Waals surface area contributed by atoms with Gasteiger partial charge in [-0.3, -0.25) is 0 Å². The molecule has 0 saturated heterocycles. The second kappa shape index (κ2) is 6.53. The molecule has 2 aromatic rings. The van der Waals surface area contributed by atoms with E-state index in [1.165, 1.54) is 22.3 Å². The first-order chi connectivity index (χ1) is 9.24. The maximum absolute atomic E-state index is 3.44. The lowest BCUT2D eigenvalue weighted by Gasteiger charge is -2.19. The van der Waals surface area contributed by atoms with E-state index in [-0.39, 0.29) is 0 Å². The third kappa shape index (κ3) is 3.45. The summed E-state index contributed by atoms with van der Waals surface area (Å²) in [7, 11) is 2.04. The van der Waals surface area contributed by atoms with Crippen LogP contribution in [0.3, 0.4) is 0 Å². The Balaban J connectivity index is 2.17. The molecule has 0 aliphatic carbocycles. The van der Waals surface area contributed by atoms with Crippen LogP contribution in [-0.4, -0.2) is 7.05 Å². The summed E-state index contributed by atoms with van der Waals surface area (Å²) in [5.74, 6) is 0. The summed E-state index contributed by atoms with van der Waals surface area (Å²) in [5.41, 5.74) is 5.54. The maximum Gasteiger partial charge on any atom is 0.0361 e. The summed E-state index contributed by atoms with van der Waals surface area (Å²) in [5, 5.41) is 3.44. The van der Waals surface area contributed by atoms with Gasteiger partial charge in [-0.15, -0.1) is 0 Å². The van der Waals surface area contributed by atoms with Crippen LogP contribution in [0.15, 0.2) is 48.5 Å². The van der Waals surface area contributed by atoms with E-state index in [0.29, 0.717) is 6.04 Å². The molecule has 19 heavy (non-hydrogen) atoms. The molecule has 0 radical (unpaired) electrons. The lowest BCUT2D eigenvalue weighted by molar-refractivity contribution is 0.589. The van der Waals surface area contributed by atoms with Crippen LogP contribution in [0.2, 0.25) is 0 Å². The first-order valence-corrected chi connectivity index (χ1v) is 7.05. The fourth-order valence-corrected chi connectivity index (χ4v) is 2.49. The van der Waals surface area contributed by atoms with Gasteiger partial charge in [0.2, 0.25) is 0 Å². The van der Waals surface area contributed by atoms with Crippen LogP contribution < -0.4 is 5.32 Å². The number of likely N-dealkylation sites (N-methyl/N-ethyl adjacent to an activating group) is 1. The van der Waals surface area contributed by atoms with Crippen molar-refractivity contribution in [3.8, 4) is 0 Å². The predicted molar refractivity (Wildman–Crippen MR) is 82.5 cm³/mol. The standard InChI is InChI=1S/C18H23N/c1-4-15-9-11-16(12-10-15)13-18(19-3)17-8-6-5-7-14(17)2/h5-12,18-19H,4,13H2,1-3H3. The quantitative estimate of drug-likeness (QED) is 0.847. The smallest absolute Gasteiger partial charge is 0.0361 e. The SMILES string of the molecule is CCc1ccc(CC(NC)c2ccccc2C)cc1. The zero-order valence-electron chi connectivity index (χ0n) is 12.1. The molecule has 2 aromatic carbocycles. The van der Waals surface area contributed by atoms with Gasteiger partial charge in [0.15, 0.2) is 0 Å². The van der Waals surface area contributed by atoms with Crippen LogP contribution in [0.25, 0.3) is 0 Å². The van der Waals surface area contributed by atoms with Gasteiger partial charge in [0, 0.05) is 6.04 Å². The molecule has 2 rings (SSSR count). The number of nitrogens with one attached hydrogen (secondary N) is 1. The number of aryl methyl sites for hydroxylation is 2. The molecule has 1 N–H and O–H groups in total. The number of rotatable bonds is 5. The van der Waals surface area contributed by atoms with Crippen molar-refractivity contribution in [2.24, 2.45) is 0 Å². The topological polar surface area (TPSA) is 12.0 Å². The van der Waals surface area contributed by atoms with Crippen molar-refractivity contribution in [1.29, 1.82) is 0 Å². The second-order valence-electron chi connectivity index (χ2n) is 5.07. The molecular weight excluding hydrogens is 230 g/mol. The molecular formula is C18H23N. The molecule has 0 aliphatic rings. The van der Waals surface area contributed by atoms with Crippen molar-refractivity contribution in [1.82, 2.24) is 5.32 Å². The minimum atomic E-state index is 0.383. The fourth-order valence-electron chi connectivity index (χ4n) is 2.49. The number of hydrogen-bond acceptors (Lipinski definition) is 1. The Morgan fingerprint density at radius 1 is 0.947 bits per heavy atom. The van der Waals surface area contributed by atoms with E-state index in [1.54, 1.807) is 0 Å². The fraction of sp³-hybridized carbons (Fsp3) is 0.333. The van der Waals surface area contributed by atoms with Crippen LogP contribution in [-0.2, 0) is 12.8 Å². The van der Waals surface area contributed by atoms with Crippen LogP contribution in [0, 0.1) is 6.92 Å². The minimum Gasteiger partial charge on any atom is -0.313 e. The third-order valence-electron chi connectivity index (χ3n) is 3.78. The summed E-state index contributed by atoms with van der Waals surface area (Å²) < 4.78 is 0. The molecule has 100 valence electrons. The Hall–Kier alpha value is -1.60. The zero-order valence-corrected chi connectivity index (χ0v) is 12.1. The van der Waals surface area contributed by atoms with Crippen molar-refractivity contribution >= 4 is 0 Å². The molecule has 1 atom stereocenters. The van der Waals surface area contributed by atoms with Crippen molar-refractivity contribution in [3.63, 3.8) is 0 Å². The van der Waals surface area contributed by atoms with Gasteiger partial charge in [-0.25, -0.2) is 0 Å². The van der Waals surface area contributed by atoms with Gasteiger partial charge in [-0.05, 0) is 49.1 Å². The van der Waals surface area contributed by atoms with Gasteiger partial charge >= 0.3 is 0 Å². The normalized spacial score (nSPS) is 12.4. The molecule has 0 amide bonds. The molecule has 0 spiro atoms. The van der Waals surface area contributed by atoms with E-state index in [1.807, 2.05) is 7.05 Å². The van der Waals surface area contributed by atoms with E-state index in [2.05, 4.69) is 67.7 Å². The molecule has 0 heterocycles. The Morgan fingerprint density at radius 2 is 1.58 bits per heavy atom. The Kier molecular flexibility index (Phi) is 4.75. The molecule has 0 aliphatic heterocycles. The number of hydrogen-bond donors (Lipinski definition) is 1. The van der Waals surface area contributed by atoms with E-state index in [4.69, 9.17) is 0 Å². The summed E-state index contributed by atoms with van der Waals surface area (Å²) in [6.07, 6.45) is 2.14. The Labute approximate surface area is 116 Å². The van der Waals surface area contributed by atoms with Gasteiger partial charge in [0.25, 0.3) is 0 Å². The van der Waals surface area contributed by atoms with E-state index >= 15 is 0 Å². The minimum absolute atomic E-state index is 0.383. The van der Waals surface area contributed by atoms with E-state index in [0.717, 1.165) is 12.8 Å². The van der Waals surface area contributed by atoms with Crippen molar-refractivity contribution in [2.75, 3.05) is 7.05 Å². The molecule has 0 aromatic heterocycles. The molecule has 0 fully saturated rings. The number of benzene rings is 2. The highest BCUT2D eigenvalue weighted by atomic mass is 14.9. The van der Waals surface area contributed by atoms with Crippen LogP contribution >= 0.6 is 0 Å². The predicted octanol–water partition coefficient (Wildman–Crippen LogP) is 4.06. The first-order valence-electron chi connectivity index (χ1n) is 7.05. The largest absolute Gasteiger partial charge is 0.313 e. The average molecular weight is 253 g/mol. The summed E-state index contributed by atoms with van der Waals surface area (Å²) in [6.45, 7) is 4.37. The maximum atomic E-state index is 3.44. The highest BCUT2D eigenvalue weighted by Gasteiger charge is 2.11. The van der Waals surface area contributed by atoms with Crippen LogP contribution in [0.1, 0.15) is 35.2 Å². The van der Waals surface area contributed by atoms with Gasteiger partial charge < -0.3 is 5.32 Å². The lowest BCUT2D eigenvalue weighted by Crippen LogP contribution is -2.19. The highest BCUT2D eigenvalue weighted by molar-refractivity contribution is 5.31. The van der Waals surface area contributed by atoms with Crippen LogP contribution in [0.4, 0.5) is 0 Å². The van der Waals surface area contributed by atoms with Gasteiger partial charge in [-0.1, -0.05) is 55.5 Å². The monoisotopic (exact) mass is 253 g/mol. The van der Waals surface area contributed by atoms with Gasteiger partial charge in [0.05, 0.1) is 0 Å². The average Bonchev–Trinajstić information content (AvgIpc) is 2.46. The first kappa shape index (κ1) is 13.8. The van der Waals surface area contributed by atoms with Gasteiger partial charge in [0.1, 0.15) is 0 Å². The van der Waals surface area contributed by atoms with Gasteiger partial charge in [-0.2, -0.15) is 0 Å².